The zero-order valence-corrected chi connectivity index (χ0v) is 12.3. The zero-order chi connectivity index (χ0) is 14.4. The number of urea groups is 1. The highest BCUT2D eigenvalue weighted by Crippen LogP contribution is 2.06. The number of aromatic nitrogens is 2. The second kappa shape index (κ2) is 7.28. The minimum atomic E-state index is -0.153. The topological polar surface area (TPSA) is 68.2 Å². The Morgan fingerprint density at radius 1 is 1.60 bits per heavy atom. The summed E-state index contributed by atoms with van der Waals surface area (Å²) in [6.45, 7) is 7.08. The Morgan fingerprint density at radius 2 is 2.45 bits per heavy atom. The molecule has 6 nitrogen and oxygen atoms in total. The van der Waals surface area contributed by atoms with Crippen LogP contribution in [-0.4, -0.2) is 34.8 Å². The van der Waals surface area contributed by atoms with Crippen molar-refractivity contribution in [2.75, 3.05) is 13.2 Å². The van der Waals surface area contributed by atoms with E-state index in [1.165, 1.54) is 0 Å². The maximum atomic E-state index is 11.8. The lowest BCUT2D eigenvalue weighted by atomic mass is 10.1. The summed E-state index contributed by atoms with van der Waals surface area (Å²) in [6.07, 6.45) is 5.70. The van der Waals surface area contributed by atoms with Crippen molar-refractivity contribution in [3.05, 3.63) is 18.2 Å². The first-order chi connectivity index (χ1) is 9.65. The van der Waals surface area contributed by atoms with E-state index in [0.29, 0.717) is 19.1 Å². The summed E-state index contributed by atoms with van der Waals surface area (Å²) in [4.78, 5) is 16.1. The van der Waals surface area contributed by atoms with Crippen LogP contribution < -0.4 is 10.6 Å². The SMILES string of the molecule is CC(C)Cn1ccnc1CNC(=O)N[C@@H]1CCCOC1. The van der Waals surface area contributed by atoms with E-state index in [2.05, 4.69) is 34.0 Å². The molecule has 0 unspecified atom stereocenters. The highest BCUT2D eigenvalue weighted by atomic mass is 16.5. The minimum absolute atomic E-state index is 0.124. The first kappa shape index (κ1) is 14.8. The molecule has 0 saturated carbocycles. The Kier molecular flexibility index (Phi) is 5.40. The lowest BCUT2D eigenvalue weighted by Gasteiger charge is -2.23. The predicted molar refractivity (Wildman–Crippen MR) is 76.3 cm³/mol. The van der Waals surface area contributed by atoms with Crippen molar-refractivity contribution in [2.24, 2.45) is 5.92 Å². The molecule has 1 aromatic rings. The Bertz CT molecular complexity index is 425. The van der Waals surface area contributed by atoms with Gasteiger partial charge in [-0.1, -0.05) is 13.8 Å². The summed E-state index contributed by atoms with van der Waals surface area (Å²) < 4.78 is 7.42. The van der Waals surface area contributed by atoms with E-state index in [0.717, 1.165) is 31.8 Å². The largest absolute Gasteiger partial charge is 0.379 e. The normalized spacial score (nSPS) is 19.1. The summed E-state index contributed by atoms with van der Waals surface area (Å²) in [5.74, 6) is 1.44. The van der Waals surface area contributed by atoms with Crippen molar-refractivity contribution in [2.45, 2.75) is 45.8 Å². The van der Waals surface area contributed by atoms with Gasteiger partial charge >= 0.3 is 6.03 Å². The third-order valence-corrected chi connectivity index (χ3v) is 3.27. The molecular weight excluding hydrogens is 256 g/mol. The van der Waals surface area contributed by atoms with Crippen molar-refractivity contribution >= 4 is 6.03 Å². The van der Waals surface area contributed by atoms with Gasteiger partial charge in [0.15, 0.2) is 0 Å². The van der Waals surface area contributed by atoms with Gasteiger partial charge in [0.25, 0.3) is 0 Å². The molecule has 6 heteroatoms. The Morgan fingerprint density at radius 3 is 3.15 bits per heavy atom. The number of carbonyl (C=O) groups excluding carboxylic acids is 1. The highest BCUT2D eigenvalue weighted by molar-refractivity contribution is 5.74. The van der Waals surface area contributed by atoms with Crippen LogP contribution in [0.15, 0.2) is 12.4 Å². The number of nitrogens with one attached hydrogen (secondary N) is 2. The Balaban J connectivity index is 1.76. The first-order valence-corrected chi connectivity index (χ1v) is 7.27. The molecule has 2 N–H and O–H groups in total. The summed E-state index contributed by atoms with van der Waals surface area (Å²) >= 11 is 0. The third-order valence-electron chi connectivity index (χ3n) is 3.27. The molecule has 1 saturated heterocycles. The van der Waals surface area contributed by atoms with E-state index in [4.69, 9.17) is 4.74 Å². The Hall–Kier alpha value is -1.56. The van der Waals surface area contributed by atoms with Gasteiger partial charge in [-0.3, -0.25) is 0 Å². The van der Waals surface area contributed by atoms with Crippen LogP contribution >= 0.6 is 0 Å². The van der Waals surface area contributed by atoms with E-state index >= 15 is 0 Å². The molecule has 2 heterocycles. The van der Waals surface area contributed by atoms with Crippen LogP contribution in [0.25, 0.3) is 0 Å². The van der Waals surface area contributed by atoms with Gasteiger partial charge in [-0.25, -0.2) is 9.78 Å². The molecule has 1 fully saturated rings. The van der Waals surface area contributed by atoms with Gasteiger partial charge in [0.1, 0.15) is 5.82 Å². The first-order valence-electron chi connectivity index (χ1n) is 7.27. The van der Waals surface area contributed by atoms with Gasteiger partial charge in [-0.15, -0.1) is 0 Å². The molecule has 1 aliphatic heterocycles. The Labute approximate surface area is 119 Å². The fraction of sp³-hybridized carbons (Fsp3) is 0.714. The number of hydrogen-bond donors (Lipinski definition) is 2. The van der Waals surface area contributed by atoms with E-state index in [1.807, 2.05) is 6.20 Å². The van der Waals surface area contributed by atoms with Gasteiger partial charge in [0, 0.05) is 25.5 Å². The van der Waals surface area contributed by atoms with Gasteiger partial charge in [-0.2, -0.15) is 0 Å². The lowest BCUT2D eigenvalue weighted by Crippen LogP contribution is -2.45. The van der Waals surface area contributed by atoms with Crippen molar-refractivity contribution < 1.29 is 9.53 Å². The van der Waals surface area contributed by atoms with E-state index in [1.54, 1.807) is 6.20 Å². The van der Waals surface area contributed by atoms with E-state index in [9.17, 15) is 4.79 Å². The maximum absolute atomic E-state index is 11.8. The van der Waals surface area contributed by atoms with Gasteiger partial charge in [0.2, 0.25) is 0 Å². The fourth-order valence-corrected chi connectivity index (χ4v) is 2.32. The fourth-order valence-electron chi connectivity index (χ4n) is 2.32. The molecule has 112 valence electrons. The second-order valence-corrected chi connectivity index (χ2v) is 5.63. The molecule has 0 radical (unpaired) electrons. The molecule has 0 bridgehead atoms. The van der Waals surface area contributed by atoms with E-state index in [-0.39, 0.29) is 12.1 Å². The number of hydrogen-bond acceptors (Lipinski definition) is 3. The molecule has 1 atom stereocenters. The molecule has 0 aliphatic carbocycles. The van der Waals surface area contributed by atoms with Gasteiger partial charge < -0.3 is 19.9 Å². The molecule has 0 spiro atoms. The number of amides is 2. The van der Waals surface area contributed by atoms with Crippen LogP contribution in [-0.2, 0) is 17.8 Å². The standard InChI is InChI=1S/C14H24N4O2/c1-11(2)9-18-6-5-15-13(18)8-16-14(19)17-12-4-3-7-20-10-12/h5-6,11-12H,3-4,7-10H2,1-2H3,(H2,16,17,19)/t12-/m1/s1. The van der Waals surface area contributed by atoms with Crippen molar-refractivity contribution in [3.8, 4) is 0 Å². The molecular formula is C14H24N4O2. The number of ether oxygens (including phenoxy) is 1. The zero-order valence-electron chi connectivity index (χ0n) is 12.3. The molecule has 2 rings (SSSR count). The van der Waals surface area contributed by atoms with Crippen molar-refractivity contribution in [1.29, 1.82) is 0 Å². The van der Waals surface area contributed by atoms with Crippen LogP contribution in [0.1, 0.15) is 32.5 Å². The predicted octanol–water partition coefficient (Wildman–Crippen LogP) is 1.52. The second-order valence-electron chi connectivity index (χ2n) is 5.63. The molecule has 2 amide bonds. The van der Waals surface area contributed by atoms with Gasteiger partial charge in [0.05, 0.1) is 19.2 Å². The number of nitrogens with zero attached hydrogens (tertiary/aromatic N) is 2. The number of carbonyl (C=O) groups is 1. The van der Waals surface area contributed by atoms with Crippen molar-refractivity contribution in [3.63, 3.8) is 0 Å². The minimum Gasteiger partial charge on any atom is -0.379 e. The number of rotatable bonds is 5. The summed E-state index contributed by atoms with van der Waals surface area (Å²) in [7, 11) is 0. The smallest absolute Gasteiger partial charge is 0.315 e. The third kappa shape index (κ3) is 4.52. The maximum Gasteiger partial charge on any atom is 0.315 e. The monoisotopic (exact) mass is 280 g/mol. The van der Waals surface area contributed by atoms with Crippen LogP contribution in [0.3, 0.4) is 0 Å². The van der Waals surface area contributed by atoms with Crippen LogP contribution in [0.2, 0.25) is 0 Å². The van der Waals surface area contributed by atoms with Crippen molar-refractivity contribution in [1.82, 2.24) is 20.2 Å². The van der Waals surface area contributed by atoms with Gasteiger partial charge in [-0.05, 0) is 18.8 Å². The summed E-state index contributed by atoms with van der Waals surface area (Å²) in [5, 5.41) is 5.79. The highest BCUT2D eigenvalue weighted by Gasteiger charge is 2.16. The average molecular weight is 280 g/mol. The van der Waals surface area contributed by atoms with E-state index < -0.39 is 0 Å². The summed E-state index contributed by atoms with van der Waals surface area (Å²) in [5.41, 5.74) is 0. The van der Waals surface area contributed by atoms with Crippen LogP contribution in [0, 0.1) is 5.92 Å². The average Bonchev–Trinajstić information content (AvgIpc) is 2.84. The lowest BCUT2D eigenvalue weighted by molar-refractivity contribution is 0.0732. The van der Waals surface area contributed by atoms with Crippen LogP contribution in [0.4, 0.5) is 4.79 Å². The molecule has 1 aliphatic rings. The quantitative estimate of drug-likeness (QED) is 0.859. The van der Waals surface area contributed by atoms with Crippen LogP contribution in [0.5, 0.6) is 0 Å². The number of imidazole rings is 1. The summed E-state index contributed by atoms with van der Waals surface area (Å²) in [6, 6.07) is -0.0289. The molecule has 1 aromatic heterocycles. The molecule has 20 heavy (non-hydrogen) atoms. The molecule has 0 aromatic carbocycles.